The van der Waals surface area contributed by atoms with E-state index >= 15 is 0 Å². The van der Waals surface area contributed by atoms with E-state index in [4.69, 9.17) is 0 Å². The Bertz CT molecular complexity index is 544. The van der Waals surface area contributed by atoms with Gasteiger partial charge in [0.05, 0.1) is 5.69 Å². The molecular formula is C13H12BrF2NO2S. The van der Waals surface area contributed by atoms with Crippen molar-refractivity contribution >= 4 is 44.4 Å². The smallest absolute Gasteiger partial charge is 0.227 e. The highest BCUT2D eigenvalue weighted by Crippen LogP contribution is 2.35. The summed E-state index contributed by atoms with van der Waals surface area (Å²) in [5.74, 6) is -1.17. The fourth-order valence-corrected chi connectivity index (χ4v) is 3.45. The Hall–Kier alpha value is -0.950. The van der Waals surface area contributed by atoms with Crippen LogP contribution < -0.4 is 4.90 Å². The Balaban J connectivity index is 2.18. The van der Waals surface area contributed by atoms with Crippen molar-refractivity contribution in [1.29, 1.82) is 0 Å². The third-order valence-electron chi connectivity index (χ3n) is 2.98. The summed E-state index contributed by atoms with van der Waals surface area (Å²) in [6.45, 7) is 1.80. The number of anilines is 1. The van der Waals surface area contributed by atoms with Crippen LogP contribution in [0.1, 0.15) is 13.3 Å². The Morgan fingerprint density at radius 1 is 1.50 bits per heavy atom. The molecule has 0 N–H and O–H groups in total. The molecular weight excluding hydrogens is 352 g/mol. The molecule has 1 unspecified atom stereocenters. The molecule has 1 aromatic rings. The number of benzene rings is 1. The van der Waals surface area contributed by atoms with Gasteiger partial charge in [-0.3, -0.25) is 9.59 Å². The molecule has 1 atom stereocenters. The van der Waals surface area contributed by atoms with Crippen LogP contribution in [0.4, 0.5) is 14.5 Å². The Morgan fingerprint density at radius 2 is 2.20 bits per heavy atom. The zero-order valence-corrected chi connectivity index (χ0v) is 13.1. The maximum atomic E-state index is 13.9. The zero-order chi connectivity index (χ0) is 14.9. The van der Waals surface area contributed by atoms with Crippen LogP contribution in [0.3, 0.4) is 0 Å². The van der Waals surface area contributed by atoms with Gasteiger partial charge in [-0.15, -0.1) is 0 Å². The van der Waals surface area contributed by atoms with Crippen molar-refractivity contribution < 1.29 is 18.4 Å². The number of hydrogen-bond acceptors (Lipinski definition) is 3. The lowest BCUT2D eigenvalue weighted by Crippen LogP contribution is -2.26. The van der Waals surface area contributed by atoms with Crippen LogP contribution in [0.15, 0.2) is 16.6 Å². The number of hydrogen-bond donors (Lipinski definition) is 0. The van der Waals surface area contributed by atoms with Gasteiger partial charge < -0.3 is 4.90 Å². The molecule has 2 rings (SSSR count). The van der Waals surface area contributed by atoms with Crippen LogP contribution in [0.5, 0.6) is 0 Å². The van der Waals surface area contributed by atoms with E-state index in [1.54, 1.807) is 0 Å². The fraction of sp³-hybridized carbons (Fsp3) is 0.385. The van der Waals surface area contributed by atoms with Crippen molar-refractivity contribution in [2.45, 2.75) is 13.3 Å². The highest BCUT2D eigenvalue weighted by molar-refractivity contribution is 9.10. The molecule has 0 radical (unpaired) electrons. The van der Waals surface area contributed by atoms with Crippen LogP contribution in [-0.4, -0.2) is 23.3 Å². The van der Waals surface area contributed by atoms with Gasteiger partial charge in [-0.25, -0.2) is 8.78 Å². The molecule has 1 aliphatic rings. The van der Waals surface area contributed by atoms with Gasteiger partial charge in [0.15, 0.2) is 10.9 Å². The summed E-state index contributed by atoms with van der Waals surface area (Å²) < 4.78 is 27.1. The molecule has 108 valence electrons. The van der Waals surface area contributed by atoms with E-state index in [9.17, 15) is 18.4 Å². The van der Waals surface area contributed by atoms with Gasteiger partial charge in [0, 0.05) is 36.2 Å². The lowest BCUT2D eigenvalue weighted by Gasteiger charge is -2.19. The lowest BCUT2D eigenvalue weighted by molar-refractivity contribution is -0.117. The minimum absolute atomic E-state index is 0.00671. The summed E-state index contributed by atoms with van der Waals surface area (Å²) in [6.07, 6.45) is 0.267. The maximum Gasteiger partial charge on any atom is 0.227 e. The molecule has 1 fully saturated rings. The summed E-state index contributed by atoms with van der Waals surface area (Å²) >= 11 is 4.24. The lowest BCUT2D eigenvalue weighted by atomic mass is 10.1. The Labute approximate surface area is 127 Å². The standard InChI is InChI=1S/C13H12BrF2NO2S/c1-7(18)20-6-8-2-12(19)17(5-8)13-10(14)3-9(15)4-11(13)16/h3-4,8H,2,5-6H2,1H3. The van der Waals surface area contributed by atoms with Crippen LogP contribution in [-0.2, 0) is 9.59 Å². The molecule has 0 saturated carbocycles. The number of halogens is 3. The summed E-state index contributed by atoms with van der Waals surface area (Å²) in [4.78, 5) is 24.2. The van der Waals surface area contributed by atoms with Gasteiger partial charge in [-0.1, -0.05) is 11.8 Å². The number of rotatable bonds is 3. The van der Waals surface area contributed by atoms with Crippen molar-refractivity contribution in [2.24, 2.45) is 5.92 Å². The van der Waals surface area contributed by atoms with Crippen LogP contribution in [0.2, 0.25) is 0 Å². The van der Waals surface area contributed by atoms with Crippen molar-refractivity contribution in [3.63, 3.8) is 0 Å². The molecule has 7 heteroatoms. The van der Waals surface area contributed by atoms with E-state index in [2.05, 4.69) is 15.9 Å². The first-order chi connectivity index (χ1) is 9.38. The van der Waals surface area contributed by atoms with Crippen molar-refractivity contribution in [3.05, 3.63) is 28.2 Å². The highest BCUT2D eigenvalue weighted by Gasteiger charge is 2.33. The second-order valence-corrected chi connectivity index (χ2v) is 6.65. The summed E-state index contributed by atoms with van der Waals surface area (Å²) in [6, 6.07) is 1.88. The molecule has 3 nitrogen and oxygen atoms in total. The van der Waals surface area contributed by atoms with Crippen LogP contribution in [0, 0.1) is 17.6 Å². The number of amides is 1. The number of nitrogens with zero attached hydrogens (tertiary/aromatic N) is 1. The number of carbonyl (C=O) groups excluding carboxylic acids is 2. The third-order valence-corrected chi connectivity index (χ3v) is 4.63. The first-order valence-corrected chi connectivity index (χ1v) is 7.74. The topological polar surface area (TPSA) is 37.4 Å². The molecule has 0 spiro atoms. The summed E-state index contributed by atoms with van der Waals surface area (Å²) in [7, 11) is 0. The van der Waals surface area contributed by atoms with Gasteiger partial charge in [0.2, 0.25) is 5.91 Å². The van der Waals surface area contributed by atoms with Gasteiger partial charge in [-0.2, -0.15) is 0 Å². The minimum Gasteiger partial charge on any atom is -0.308 e. The first-order valence-electron chi connectivity index (χ1n) is 5.96. The minimum atomic E-state index is -0.773. The quantitative estimate of drug-likeness (QED) is 0.826. The highest BCUT2D eigenvalue weighted by atomic mass is 79.9. The largest absolute Gasteiger partial charge is 0.308 e. The SMILES string of the molecule is CC(=O)SCC1CC(=O)N(c2c(F)cc(F)cc2Br)C1. The second kappa shape index (κ2) is 6.22. The molecule has 0 bridgehead atoms. The maximum absolute atomic E-state index is 13.9. The summed E-state index contributed by atoms with van der Waals surface area (Å²) in [5, 5.41) is -0.00922. The average molecular weight is 364 g/mol. The van der Waals surface area contributed by atoms with Crippen molar-refractivity contribution in [2.75, 3.05) is 17.2 Å². The van der Waals surface area contributed by atoms with Gasteiger partial charge >= 0.3 is 0 Å². The summed E-state index contributed by atoms with van der Waals surface area (Å²) in [5.41, 5.74) is 0.0618. The fourth-order valence-electron chi connectivity index (χ4n) is 2.14. The van der Waals surface area contributed by atoms with E-state index < -0.39 is 11.6 Å². The predicted molar refractivity (Wildman–Crippen MR) is 77.7 cm³/mol. The van der Waals surface area contributed by atoms with E-state index in [0.717, 1.165) is 23.9 Å². The molecule has 1 saturated heterocycles. The average Bonchev–Trinajstić information content (AvgIpc) is 2.67. The van der Waals surface area contributed by atoms with E-state index in [1.807, 2.05) is 0 Å². The Kier molecular flexibility index (Phi) is 4.80. The van der Waals surface area contributed by atoms with E-state index in [-0.39, 0.29) is 33.5 Å². The predicted octanol–water partition coefficient (Wildman–Crippen LogP) is 3.36. The normalized spacial score (nSPS) is 18.7. The monoisotopic (exact) mass is 363 g/mol. The van der Waals surface area contributed by atoms with Crippen molar-refractivity contribution in [1.82, 2.24) is 0 Å². The van der Waals surface area contributed by atoms with Gasteiger partial charge in [-0.05, 0) is 27.9 Å². The molecule has 1 aliphatic heterocycles. The molecule has 20 heavy (non-hydrogen) atoms. The Morgan fingerprint density at radius 3 is 2.80 bits per heavy atom. The van der Waals surface area contributed by atoms with Gasteiger partial charge in [0.1, 0.15) is 5.82 Å². The molecule has 1 aromatic carbocycles. The molecule has 0 aliphatic carbocycles. The van der Waals surface area contributed by atoms with E-state index in [1.165, 1.54) is 11.8 Å². The van der Waals surface area contributed by atoms with E-state index in [0.29, 0.717) is 12.3 Å². The molecule has 1 amide bonds. The first kappa shape index (κ1) is 15.4. The molecule has 0 aromatic heterocycles. The van der Waals surface area contributed by atoms with Crippen molar-refractivity contribution in [3.8, 4) is 0 Å². The van der Waals surface area contributed by atoms with Gasteiger partial charge in [0.25, 0.3) is 0 Å². The zero-order valence-electron chi connectivity index (χ0n) is 10.7. The third kappa shape index (κ3) is 3.38. The number of thioether (sulfide) groups is 1. The van der Waals surface area contributed by atoms with Crippen LogP contribution in [0.25, 0.3) is 0 Å². The molecule has 1 heterocycles. The second-order valence-electron chi connectivity index (χ2n) is 4.60. The van der Waals surface area contributed by atoms with Crippen LogP contribution >= 0.6 is 27.7 Å². The number of carbonyl (C=O) groups is 2.